The first-order valence-electron chi connectivity index (χ1n) is 5.62. The highest BCUT2D eigenvalue weighted by atomic mass is 32.1. The standard InChI is InChI=1S/C13H23NS/c1-6-12(7-2)11(4)9-10-13(15)14(5)8-3/h6,8,11H,3,7,9-10H2,1-2,4-5H3/p+1. The molecule has 86 valence electrons. The van der Waals surface area contributed by atoms with Crippen molar-refractivity contribution in [1.82, 2.24) is 0 Å². The lowest BCUT2D eigenvalue weighted by molar-refractivity contribution is -0.419. The van der Waals surface area contributed by atoms with Gasteiger partial charge >= 0.3 is 0 Å². The van der Waals surface area contributed by atoms with Gasteiger partial charge in [-0.25, -0.2) is 4.58 Å². The Morgan fingerprint density at radius 2 is 2.13 bits per heavy atom. The largest absolute Gasteiger partial charge is 0.212 e. The minimum Gasteiger partial charge on any atom is -0.200 e. The Hall–Kier alpha value is -0.500. The van der Waals surface area contributed by atoms with Crippen LogP contribution in [0.1, 0.15) is 40.0 Å². The van der Waals surface area contributed by atoms with E-state index in [1.54, 1.807) is 6.20 Å². The van der Waals surface area contributed by atoms with E-state index >= 15 is 0 Å². The lowest BCUT2D eigenvalue weighted by Gasteiger charge is -2.13. The smallest absolute Gasteiger partial charge is 0.200 e. The van der Waals surface area contributed by atoms with Crippen molar-refractivity contribution in [3.8, 4) is 0 Å². The summed E-state index contributed by atoms with van der Waals surface area (Å²) in [5.74, 6) is 0.653. The molecular weight excluding hydrogens is 202 g/mol. The molecule has 0 aromatic carbocycles. The van der Waals surface area contributed by atoms with Crippen molar-refractivity contribution in [2.24, 2.45) is 5.92 Å². The lowest BCUT2D eigenvalue weighted by Crippen LogP contribution is -2.08. The van der Waals surface area contributed by atoms with Crippen molar-refractivity contribution in [3.05, 3.63) is 24.4 Å². The maximum Gasteiger partial charge on any atom is 0.212 e. The summed E-state index contributed by atoms with van der Waals surface area (Å²) in [5.41, 5.74) is 1.54. The van der Waals surface area contributed by atoms with Crippen molar-refractivity contribution < 1.29 is 4.58 Å². The van der Waals surface area contributed by atoms with E-state index in [1.807, 2.05) is 11.6 Å². The predicted molar refractivity (Wildman–Crippen MR) is 72.8 cm³/mol. The third-order valence-corrected chi connectivity index (χ3v) is 3.43. The molecule has 0 aliphatic heterocycles. The van der Waals surface area contributed by atoms with Crippen molar-refractivity contribution in [3.63, 3.8) is 0 Å². The van der Waals surface area contributed by atoms with E-state index in [-0.39, 0.29) is 0 Å². The van der Waals surface area contributed by atoms with Crippen LogP contribution in [0.2, 0.25) is 0 Å². The summed E-state index contributed by atoms with van der Waals surface area (Å²) in [7, 11) is 1.98. The summed E-state index contributed by atoms with van der Waals surface area (Å²) in [6, 6.07) is 0. The van der Waals surface area contributed by atoms with Crippen LogP contribution in [0.5, 0.6) is 0 Å². The van der Waals surface area contributed by atoms with Crippen LogP contribution < -0.4 is 0 Å². The summed E-state index contributed by atoms with van der Waals surface area (Å²) >= 11 is 4.46. The number of thiol groups is 1. The zero-order valence-corrected chi connectivity index (χ0v) is 11.3. The third-order valence-electron chi connectivity index (χ3n) is 2.89. The van der Waals surface area contributed by atoms with Crippen LogP contribution in [-0.2, 0) is 0 Å². The summed E-state index contributed by atoms with van der Waals surface area (Å²) in [5, 5.41) is 1.09. The van der Waals surface area contributed by atoms with E-state index < -0.39 is 0 Å². The molecule has 0 amide bonds. The van der Waals surface area contributed by atoms with Gasteiger partial charge in [0, 0.05) is 6.42 Å². The Balaban J connectivity index is 4.23. The van der Waals surface area contributed by atoms with Gasteiger partial charge < -0.3 is 0 Å². The maximum atomic E-state index is 4.46. The second-order valence-electron chi connectivity index (χ2n) is 3.87. The average molecular weight is 226 g/mol. The third kappa shape index (κ3) is 5.22. The first kappa shape index (κ1) is 14.5. The molecule has 0 aliphatic carbocycles. The van der Waals surface area contributed by atoms with Gasteiger partial charge in [-0.2, -0.15) is 0 Å². The van der Waals surface area contributed by atoms with Crippen LogP contribution in [0.4, 0.5) is 0 Å². The van der Waals surface area contributed by atoms with Gasteiger partial charge in [-0.05, 0) is 32.3 Å². The van der Waals surface area contributed by atoms with Gasteiger partial charge in [-0.1, -0.05) is 38.1 Å². The summed E-state index contributed by atoms with van der Waals surface area (Å²) in [6.45, 7) is 10.3. The Morgan fingerprint density at radius 1 is 1.53 bits per heavy atom. The number of rotatable bonds is 6. The molecule has 0 aliphatic rings. The highest BCUT2D eigenvalue weighted by molar-refractivity contribution is 7.96. The zero-order chi connectivity index (χ0) is 11.8. The normalized spacial score (nSPS) is 15.9. The molecule has 15 heavy (non-hydrogen) atoms. The van der Waals surface area contributed by atoms with Crippen molar-refractivity contribution in [2.45, 2.75) is 40.0 Å². The Bertz CT molecular complexity index is 264. The molecular formula is C13H24NS+. The highest BCUT2D eigenvalue weighted by Gasteiger charge is 2.10. The molecule has 0 spiro atoms. The van der Waals surface area contributed by atoms with Gasteiger partial charge in [0.25, 0.3) is 0 Å². The number of hydrogen-bond donors (Lipinski definition) is 1. The van der Waals surface area contributed by atoms with Crippen LogP contribution in [-0.4, -0.2) is 16.7 Å². The van der Waals surface area contributed by atoms with Crippen LogP contribution in [0.25, 0.3) is 0 Å². The van der Waals surface area contributed by atoms with Gasteiger partial charge in [0.1, 0.15) is 7.05 Å². The molecule has 0 aromatic heterocycles. The molecule has 0 saturated heterocycles. The molecule has 1 atom stereocenters. The van der Waals surface area contributed by atoms with E-state index in [0.717, 1.165) is 24.3 Å². The van der Waals surface area contributed by atoms with Gasteiger partial charge in [-0.15, -0.1) is 0 Å². The molecule has 2 heteroatoms. The van der Waals surface area contributed by atoms with Crippen LogP contribution in [0, 0.1) is 5.92 Å². The van der Waals surface area contributed by atoms with Gasteiger partial charge in [0.05, 0.1) is 0 Å². The number of nitrogens with zero attached hydrogens (tertiary/aromatic N) is 1. The van der Waals surface area contributed by atoms with Gasteiger partial charge in [0.15, 0.2) is 6.20 Å². The van der Waals surface area contributed by atoms with Crippen molar-refractivity contribution in [2.75, 3.05) is 7.05 Å². The SMILES string of the molecule is C=C[N+](C)=C(S)CCC(C)C(=CC)CC. The minimum absolute atomic E-state index is 0.653. The summed E-state index contributed by atoms with van der Waals surface area (Å²) in [4.78, 5) is 0. The average Bonchev–Trinajstić information content (AvgIpc) is 2.26. The Labute approximate surface area is 100.0 Å². The van der Waals surface area contributed by atoms with E-state index in [9.17, 15) is 0 Å². The minimum atomic E-state index is 0.653. The van der Waals surface area contributed by atoms with E-state index in [2.05, 4.69) is 46.1 Å². The molecule has 0 bridgehead atoms. The first-order valence-corrected chi connectivity index (χ1v) is 6.06. The van der Waals surface area contributed by atoms with Crippen LogP contribution >= 0.6 is 12.6 Å². The van der Waals surface area contributed by atoms with E-state index in [1.165, 1.54) is 5.57 Å². The Kier molecular flexibility index (Phi) is 7.49. The van der Waals surface area contributed by atoms with Gasteiger partial charge in [-0.3, -0.25) is 0 Å². The first-order chi connectivity index (χ1) is 7.06. The molecule has 1 unspecified atom stereocenters. The second-order valence-corrected chi connectivity index (χ2v) is 4.38. The molecule has 0 fully saturated rings. The highest BCUT2D eigenvalue weighted by Crippen LogP contribution is 2.19. The number of hydrogen-bond acceptors (Lipinski definition) is 0. The van der Waals surface area contributed by atoms with E-state index in [0.29, 0.717) is 5.92 Å². The molecule has 0 N–H and O–H groups in total. The fourth-order valence-electron chi connectivity index (χ4n) is 1.65. The molecule has 0 rings (SSSR count). The van der Waals surface area contributed by atoms with E-state index in [4.69, 9.17) is 0 Å². The lowest BCUT2D eigenvalue weighted by atomic mass is 9.94. The zero-order valence-electron chi connectivity index (χ0n) is 10.5. The molecule has 0 aromatic rings. The number of allylic oxidation sites excluding steroid dienone is 2. The fourth-order valence-corrected chi connectivity index (χ4v) is 1.86. The van der Waals surface area contributed by atoms with Gasteiger partial charge in [0.2, 0.25) is 5.04 Å². The summed E-state index contributed by atoms with van der Waals surface area (Å²) in [6.07, 6.45) is 7.36. The molecule has 0 radical (unpaired) electrons. The topological polar surface area (TPSA) is 3.01 Å². The monoisotopic (exact) mass is 226 g/mol. The van der Waals surface area contributed by atoms with Crippen molar-refractivity contribution in [1.29, 1.82) is 0 Å². The van der Waals surface area contributed by atoms with Crippen LogP contribution in [0.15, 0.2) is 24.4 Å². The van der Waals surface area contributed by atoms with Crippen molar-refractivity contribution >= 4 is 17.7 Å². The maximum absolute atomic E-state index is 4.46. The second kappa shape index (κ2) is 7.75. The molecule has 1 nitrogen and oxygen atoms in total. The predicted octanol–water partition coefficient (Wildman–Crippen LogP) is 3.87. The fraction of sp³-hybridized carbons (Fsp3) is 0.615. The van der Waals surface area contributed by atoms with Crippen LogP contribution in [0.3, 0.4) is 0 Å². The molecule has 0 heterocycles. The Morgan fingerprint density at radius 3 is 2.53 bits per heavy atom. The quantitative estimate of drug-likeness (QED) is 0.230. The summed E-state index contributed by atoms with van der Waals surface area (Å²) < 4.78 is 1.97. The molecule has 0 saturated carbocycles.